The maximum Gasteiger partial charge on any atom is 0.407 e. The summed E-state index contributed by atoms with van der Waals surface area (Å²) in [5.41, 5.74) is 4.13. The van der Waals surface area contributed by atoms with Crippen molar-refractivity contribution in [3.63, 3.8) is 0 Å². The number of amidine groups is 1. The van der Waals surface area contributed by atoms with Gasteiger partial charge in [0.1, 0.15) is 17.1 Å². The normalized spacial score (nSPS) is 19.2. The number of amides is 3. The minimum Gasteiger partial charge on any atom is -0.270 e. The van der Waals surface area contributed by atoms with Gasteiger partial charge in [-0.15, -0.1) is 0 Å². The van der Waals surface area contributed by atoms with E-state index in [0.29, 0.717) is 11.8 Å². The van der Waals surface area contributed by atoms with Crippen molar-refractivity contribution in [3.8, 4) is 5.69 Å². The number of para-hydroxylation sites is 1. The highest BCUT2D eigenvalue weighted by atomic mass is 16.2. The topological polar surface area (TPSA) is 61.8 Å². The van der Waals surface area contributed by atoms with Gasteiger partial charge in [-0.25, -0.2) is 9.36 Å². The molecule has 0 spiro atoms. The summed E-state index contributed by atoms with van der Waals surface area (Å²) in [6.07, 6.45) is 0. The molecule has 1 aromatic carbocycles. The lowest BCUT2D eigenvalue weighted by molar-refractivity contribution is -0.682. The van der Waals surface area contributed by atoms with Gasteiger partial charge in [-0.1, -0.05) is 23.2 Å². The van der Waals surface area contributed by atoms with Crippen LogP contribution in [0.3, 0.4) is 0 Å². The quantitative estimate of drug-likeness (QED) is 0.745. The number of aryl methyl sites for hydroxylation is 1. The molecule has 7 nitrogen and oxygen atoms in total. The van der Waals surface area contributed by atoms with Crippen LogP contribution in [-0.4, -0.2) is 46.2 Å². The molecule has 0 radical (unpaired) electrons. The van der Waals surface area contributed by atoms with Gasteiger partial charge in [0.25, 0.3) is 5.91 Å². The van der Waals surface area contributed by atoms with Crippen LogP contribution in [0.1, 0.15) is 23.0 Å². The Balaban J connectivity index is 2.00. The number of hydrogen-bond acceptors (Lipinski definition) is 3. The fraction of sp³-hybridized carbons (Fsp3) is 0.333. The second-order valence-corrected chi connectivity index (χ2v) is 6.57. The van der Waals surface area contributed by atoms with Crippen LogP contribution in [0.25, 0.3) is 5.69 Å². The first-order valence-corrected chi connectivity index (χ1v) is 8.18. The van der Waals surface area contributed by atoms with E-state index >= 15 is 0 Å². The summed E-state index contributed by atoms with van der Waals surface area (Å²) in [5.74, 6) is 0.900. The molecule has 2 aromatic rings. The number of fused-ring (bicyclic) bond motifs is 3. The van der Waals surface area contributed by atoms with Gasteiger partial charge in [-0.05, 0) is 32.4 Å². The molecule has 4 rings (SSSR count). The number of rotatable bonds is 1. The lowest BCUT2D eigenvalue weighted by Gasteiger charge is -2.30. The minimum atomic E-state index is -0.591. The van der Waals surface area contributed by atoms with Gasteiger partial charge in [-0.2, -0.15) is 4.57 Å². The smallest absolute Gasteiger partial charge is 0.270 e. The van der Waals surface area contributed by atoms with Gasteiger partial charge in [0.2, 0.25) is 11.9 Å². The lowest BCUT2D eigenvalue weighted by atomic mass is 10.1. The molecule has 2 aliphatic heterocycles. The van der Waals surface area contributed by atoms with Crippen molar-refractivity contribution in [1.82, 2.24) is 14.4 Å². The first-order chi connectivity index (χ1) is 11.8. The number of carbonyl (C=O) groups excluding carboxylic acids is 2. The summed E-state index contributed by atoms with van der Waals surface area (Å²) in [6.45, 7) is 6.05. The molecule has 2 aliphatic rings. The van der Waals surface area contributed by atoms with E-state index in [1.165, 1.54) is 11.9 Å². The summed E-state index contributed by atoms with van der Waals surface area (Å²) < 4.78 is 3.99. The summed E-state index contributed by atoms with van der Waals surface area (Å²) in [6, 6.07) is 7.11. The summed E-state index contributed by atoms with van der Waals surface area (Å²) >= 11 is 0. The van der Waals surface area contributed by atoms with E-state index in [2.05, 4.69) is 9.56 Å². The Hall–Kier alpha value is -2.96. The van der Waals surface area contributed by atoms with Crippen LogP contribution in [0.5, 0.6) is 0 Å². The third kappa shape index (κ3) is 1.86. The number of carbonyl (C=O) groups is 2. The summed E-state index contributed by atoms with van der Waals surface area (Å²) in [4.78, 5) is 32.3. The van der Waals surface area contributed by atoms with Gasteiger partial charge < -0.3 is 0 Å². The van der Waals surface area contributed by atoms with Crippen molar-refractivity contribution >= 4 is 23.7 Å². The van der Waals surface area contributed by atoms with E-state index in [1.807, 2.05) is 49.6 Å². The molecule has 1 atom stereocenters. The number of benzene rings is 1. The maximum atomic E-state index is 12.8. The third-order valence-corrected chi connectivity index (χ3v) is 5.19. The number of aromatic nitrogens is 2. The van der Waals surface area contributed by atoms with E-state index in [9.17, 15) is 9.59 Å². The van der Waals surface area contributed by atoms with E-state index in [0.717, 1.165) is 27.5 Å². The Labute approximate surface area is 145 Å². The largest absolute Gasteiger partial charge is 0.407 e. The molecule has 1 unspecified atom stereocenters. The van der Waals surface area contributed by atoms with Crippen molar-refractivity contribution in [3.05, 3.63) is 41.2 Å². The summed E-state index contributed by atoms with van der Waals surface area (Å²) in [5, 5.41) is 0. The molecule has 0 bridgehead atoms. The van der Waals surface area contributed by atoms with Crippen LogP contribution in [0.2, 0.25) is 0 Å². The molecule has 0 saturated carbocycles. The number of likely N-dealkylation sites (N-methyl/N-ethyl adjacent to an activating group) is 2. The van der Waals surface area contributed by atoms with Crippen LogP contribution >= 0.6 is 0 Å². The first kappa shape index (κ1) is 15.6. The molecular formula is C18H20N5O2+. The number of hydrogen-bond donors (Lipinski definition) is 0. The van der Waals surface area contributed by atoms with Gasteiger partial charge >= 0.3 is 12.0 Å². The van der Waals surface area contributed by atoms with Crippen LogP contribution in [0, 0.1) is 20.8 Å². The average molecular weight is 338 g/mol. The Morgan fingerprint density at radius 2 is 1.72 bits per heavy atom. The number of urea groups is 1. The zero-order valence-electron chi connectivity index (χ0n) is 14.9. The Morgan fingerprint density at radius 1 is 1.04 bits per heavy atom. The predicted molar refractivity (Wildman–Crippen MR) is 92.2 cm³/mol. The van der Waals surface area contributed by atoms with E-state index in [1.54, 1.807) is 7.05 Å². The van der Waals surface area contributed by atoms with Crippen molar-refractivity contribution < 1.29 is 14.2 Å². The zero-order chi connectivity index (χ0) is 18.0. The fourth-order valence-corrected chi connectivity index (χ4v) is 3.62. The highest BCUT2D eigenvalue weighted by Gasteiger charge is 2.53. The number of imide groups is 1. The van der Waals surface area contributed by atoms with E-state index in [4.69, 9.17) is 0 Å². The second kappa shape index (κ2) is 5.02. The molecule has 1 saturated heterocycles. The molecule has 3 amide bonds. The van der Waals surface area contributed by atoms with Crippen molar-refractivity contribution in [1.29, 1.82) is 0 Å². The standard InChI is InChI=1S/C18H20N5O2/c1-10-8-6-7-9-13(10)22-11(2)12(3)23-14-15(19-17(22)23)20(4)18(25)21(5)16(14)24/h6-9,14H,1-5H3/q+1. The maximum absolute atomic E-state index is 12.8. The third-order valence-electron chi connectivity index (χ3n) is 5.19. The number of imidazole rings is 1. The fourth-order valence-electron chi connectivity index (χ4n) is 3.62. The zero-order valence-corrected chi connectivity index (χ0v) is 14.9. The van der Waals surface area contributed by atoms with Crippen LogP contribution in [0.4, 0.5) is 10.7 Å². The highest BCUT2D eigenvalue weighted by molar-refractivity contribution is 6.18. The SMILES string of the molecule is Cc1ccccc1-n1c(C)c(C)[n+]2c1N=C1C2C(=O)N(C)C(=O)N1C. The lowest BCUT2D eigenvalue weighted by Crippen LogP contribution is -2.62. The van der Waals surface area contributed by atoms with Crippen LogP contribution < -0.4 is 4.57 Å². The summed E-state index contributed by atoms with van der Waals surface area (Å²) in [7, 11) is 3.17. The number of nitrogens with zero attached hydrogens (tertiary/aromatic N) is 5. The molecule has 25 heavy (non-hydrogen) atoms. The number of aliphatic imine (C=N–C) groups is 1. The van der Waals surface area contributed by atoms with Gasteiger partial charge in [0.15, 0.2) is 0 Å². The Kier molecular flexibility index (Phi) is 3.12. The molecule has 1 aromatic heterocycles. The molecule has 7 heteroatoms. The molecule has 1 fully saturated rings. The van der Waals surface area contributed by atoms with Crippen molar-refractivity contribution in [2.45, 2.75) is 26.8 Å². The molecule has 3 heterocycles. The van der Waals surface area contributed by atoms with Gasteiger partial charge in [0, 0.05) is 14.1 Å². The first-order valence-electron chi connectivity index (χ1n) is 8.18. The van der Waals surface area contributed by atoms with Crippen LogP contribution in [0.15, 0.2) is 29.3 Å². The van der Waals surface area contributed by atoms with Crippen LogP contribution in [-0.2, 0) is 4.79 Å². The van der Waals surface area contributed by atoms with E-state index < -0.39 is 6.04 Å². The van der Waals surface area contributed by atoms with Crippen molar-refractivity contribution in [2.24, 2.45) is 4.99 Å². The molecule has 128 valence electrons. The highest BCUT2D eigenvalue weighted by Crippen LogP contribution is 2.33. The van der Waals surface area contributed by atoms with Gasteiger partial charge in [-0.3, -0.25) is 14.6 Å². The van der Waals surface area contributed by atoms with Crippen molar-refractivity contribution in [2.75, 3.05) is 14.1 Å². The van der Waals surface area contributed by atoms with E-state index in [-0.39, 0.29) is 11.9 Å². The molecule has 0 aliphatic carbocycles. The Bertz CT molecular complexity index is 972. The average Bonchev–Trinajstić information content (AvgIpc) is 3.09. The van der Waals surface area contributed by atoms with Gasteiger partial charge in [0.05, 0.1) is 0 Å². The molecule has 0 N–H and O–H groups in total. The monoisotopic (exact) mass is 338 g/mol. The minimum absolute atomic E-state index is 0.254. The second-order valence-electron chi connectivity index (χ2n) is 6.57. The predicted octanol–water partition coefficient (Wildman–Crippen LogP) is 1.80. The Morgan fingerprint density at radius 3 is 2.40 bits per heavy atom. The molecular weight excluding hydrogens is 318 g/mol.